The van der Waals surface area contributed by atoms with Crippen LogP contribution in [0.25, 0.3) is 0 Å². The molecule has 15 heavy (non-hydrogen) atoms. The van der Waals surface area contributed by atoms with E-state index < -0.39 is 0 Å². The molecule has 1 aliphatic rings. The van der Waals surface area contributed by atoms with Crippen molar-refractivity contribution < 1.29 is 5.21 Å². The van der Waals surface area contributed by atoms with Crippen LogP contribution in [-0.2, 0) is 6.54 Å². The SMILES string of the molecule is ON=C1CCN(Cc2ncccn2)CC1. The predicted octanol–water partition coefficient (Wildman–Crippen LogP) is 0.903. The number of hydrogen-bond donors (Lipinski definition) is 1. The summed E-state index contributed by atoms with van der Waals surface area (Å²) < 4.78 is 0. The van der Waals surface area contributed by atoms with Crippen LogP contribution in [0, 0.1) is 0 Å². The molecule has 1 saturated heterocycles. The molecule has 1 aromatic rings. The molecule has 0 bridgehead atoms. The van der Waals surface area contributed by atoms with Crippen molar-refractivity contribution in [1.29, 1.82) is 0 Å². The van der Waals surface area contributed by atoms with Gasteiger partial charge in [0.15, 0.2) is 0 Å². The maximum Gasteiger partial charge on any atom is 0.142 e. The number of oxime groups is 1. The molecule has 0 amide bonds. The zero-order valence-electron chi connectivity index (χ0n) is 8.50. The normalized spacial score (nSPS) is 17.7. The molecule has 0 spiro atoms. The van der Waals surface area contributed by atoms with Crippen molar-refractivity contribution in [2.75, 3.05) is 13.1 Å². The molecule has 0 unspecified atom stereocenters. The molecular formula is C10H14N4O. The summed E-state index contributed by atoms with van der Waals surface area (Å²) in [6.07, 6.45) is 5.19. The van der Waals surface area contributed by atoms with Gasteiger partial charge < -0.3 is 5.21 Å². The average Bonchev–Trinajstić information content (AvgIpc) is 2.31. The molecule has 0 radical (unpaired) electrons. The van der Waals surface area contributed by atoms with E-state index in [9.17, 15) is 0 Å². The summed E-state index contributed by atoms with van der Waals surface area (Å²) in [5.41, 5.74) is 0.889. The van der Waals surface area contributed by atoms with E-state index >= 15 is 0 Å². The summed E-state index contributed by atoms with van der Waals surface area (Å²) >= 11 is 0. The molecule has 1 fully saturated rings. The summed E-state index contributed by atoms with van der Waals surface area (Å²) in [6, 6.07) is 1.82. The number of nitrogens with zero attached hydrogens (tertiary/aromatic N) is 4. The smallest absolute Gasteiger partial charge is 0.142 e. The third kappa shape index (κ3) is 2.73. The van der Waals surface area contributed by atoms with Crippen molar-refractivity contribution in [2.24, 2.45) is 5.16 Å². The Morgan fingerprint density at radius 1 is 1.27 bits per heavy atom. The maximum atomic E-state index is 8.61. The second-order valence-corrected chi connectivity index (χ2v) is 3.61. The minimum atomic E-state index is 0.777. The Labute approximate surface area is 88.5 Å². The van der Waals surface area contributed by atoms with Crippen LogP contribution in [0.3, 0.4) is 0 Å². The Bertz CT molecular complexity index is 329. The molecule has 2 heterocycles. The van der Waals surface area contributed by atoms with Gasteiger partial charge in [-0.05, 0) is 6.07 Å². The molecule has 0 aromatic carbocycles. The van der Waals surface area contributed by atoms with E-state index in [1.807, 2.05) is 6.07 Å². The highest BCUT2D eigenvalue weighted by Gasteiger charge is 2.15. The third-order valence-corrected chi connectivity index (χ3v) is 2.56. The van der Waals surface area contributed by atoms with Gasteiger partial charge in [0.05, 0.1) is 12.3 Å². The summed E-state index contributed by atoms with van der Waals surface area (Å²) in [7, 11) is 0. The fraction of sp³-hybridized carbons (Fsp3) is 0.500. The van der Waals surface area contributed by atoms with Crippen molar-refractivity contribution in [1.82, 2.24) is 14.9 Å². The zero-order chi connectivity index (χ0) is 10.5. The minimum Gasteiger partial charge on any atom is -0.411 e. The largest absolute Gasteiger partial charge is 0.411 e. The van der Waals surface area contributed by atoms with Crippen LogP contribution in [0.4, 0.5) is 0 Å². The van der Waals surface area contributed by atoms with Crippen molar-refractivity contribution in [3.05, 3.63) is 24.3 Å². The fourth-order valence-electron chi connectivity index (χ4n) is 1.68. The number of hydrogen-bond acceptors (Lipinski definition) is 5. The summed E-state index contributed by atoms with van der Waals surface area (Å²) in [5, 5.41) is 11.9. The van der Waals surface area contributed by atoms with E-state index in [0.29, 0.717) is 0 Å². The van der Waals surface area contributed by atoms with E-state index in [1.54, 1.807) is 12.4 Å². The summed E-state index contributed by atoms with van der Waals surface area (Å²) in [4.78, 5) is 10.6. The van der Waals surface area contributed by atoms with Gasteiger partial charge in [0.1, 0.15) is 5.82 Å². The molecule has 1 aromatic heterocycles. The topological polar surface area (TPSA) is 61.6 Å². The molecule has 1 aliphatic heterocycles. The van der Waals surface area contributed by atoms with Gasteiger partial charge >= 0.3 is 0 Å². The Morgan fingerprint density at radius 2 is 1.93 bits per heavy atom. The van der Waals surface area contributed by atoms with E-state index in [0.717, 1.165) is 44.0 Å². The Morgan fingerprint density at radius 3 is 2.53 bits per heavy atom. The molecule has 5 heteroatoms. The lowest BCUT2D eigenvalue weighted by Gasteiger charge is -2.25. The van der Waals surface area contributed by atoms with Gasteiger partial charge in [0.2, 0.25) is 0 Å². The first-order valence-corrected chi connectivity index (χ1v) is 5.06. The van der Waals surface area contributed by atoms with Crippen LogP contribution in [0.15, 0.2) is 23.6 Å². The van der Waals surface area contributed by atoms with Gasteiger partial charge in [0, 0.05) is 38.3 Å². The molecule has 1 N–H and O–H groups in total. The lowest BCUT2D eigenvalue weighted by atomic mass is 10.1. The Hall–Kier alpha value is -1.49. The van der Waals surface area contributed by atoms with Crippen molar-refractivity contribution in [3.8, 4) is 0 Å². The molecule has 0 aliphatic carbocycles. The van der Waals surface area contributed by atoms with Crippen molar-refractivity contribution in [3.63, 3.8) is 0 Å². The van der Waals surface area contributed by atoms with Gasteiger partial charge in [-0.2, -0.15) is 0 Å². The van der Waals surface area contributed by atoms with Crippen LogP contribution >= 0.6 is 0 Å². The number of piperidine rings is 1. The van der Waals surface area contributed by atoms with E-state index in [-0.39, 0.29) is 0 Å². The standard InChI is InChI=1S/C10H14N4O/c15-13-9-2-6-14(7-3-9)8-10-11-4-1-5-12-10/h1,4-5,15H,2-3,6-8H2. The molecule has 2 rings (SSSR count). The van der Waals surface area contributed by atoms with Crippen LogP contribution < -0.4 is 0 Å². The first kappa shape index (κ1) is 10.0. The van der Waals surface area contributed by atoms with Gasteiger partial charge in [-0.1, -0.05) is 5.16 Å². The summed E-state index contributed by atoms with van der Waals surface area (Å²) in [5.74, 6) is 0.849. The molecule has 0 saturated carbocycles. The van der Waals surface area contributed by atoms with E-state index in [4.69, 9.17) is 5.21 Å². The fourth-order valence-corrected chi connectivity index (χ4v) is 1.68. The quantitative estimate of drug-likeness (QED) is 0.577. The van der Waals surface area contributed by atoms with Crippen molar-refractivity contribution >= 4 is 5.71 Å². The highest BCUT2D eigenvalue weighted by molar-refractivity contribution is 5.84. The Balaban J connectivity index is 1.87. The van der Waals surface area contributed by atoms with Crippen LogP contribution in [0.2, 0.25) is 0 Å². The number of aromatic nitrogens is 2. The van der Waals surface area contributed by atoms with Gasteiger partial charge in [-0.15, -0.1) is 0 Å². The number of rotatable bonds is 2. The second kappa shape index (κ2) is 4.84. The molecule has 5 nitrogen and oxygen atoms in total. The van der Waals surface area contributed by atoms with Gasteiger partial charge in [-0.3, -0.25) is 4.90 Å². The molecule has 0 atom stereocenters. The summed E-state index contributed by atoms with van der Waals surface area (Å²) in [6.45, 7) is 2.61. The highest BCUT2D eigenvalue weighted by Crippen LogP contribution is 2.09. The van der Waals surface area contributed by atoms with Crippen molar-refractivity contribution in [2.45, 2.75) is 19.4 Å². The lowest BCUT2D eigenvalue weighted by molar-refractivity contribution is 0.251. The van der Waals surface area contributed by atoms with Crippen LogP contribution in [0.1, 0.15) is 18.7 Å². The lowest BCUT2D eigenvalue weighted by Crippen LogP contribution is -2.33. The van der Waals surface area contributed by atoms with E-state index in [1.165, 1.54) is 0 Å². The Kier molecular flexibility index (Phi) is 3.24. The van der Waals surface area contributed by atoms with Gasteiger partial charge in [0.25, 0.3) is 0 Å². The van der Waals surface area contributed by atoms with Crippen LogP contribution in [-0.4, -0.2) is 38.9 Å². The number of likely N-dealkylation sites (tertiary alicyclic amines) is 1. The van der Waals surface area contributed by atoms with E-state index in [2.05, 4.69) is 20.0 Å². The average molecular weight is 206 g/mol. The van der Waals surface area contributed by atoms with Crippen LogP contribution in [0.5, 0.6) is 0 Å². The first-order chi connectivity index (χ1) is 7.38. The third-order valence-electron chi connectivity index (χ3n) is 2.56. The first-order valence-electron chi connectivity index (χ1n) is 5.06. The van der Waals surface area contributed by atoms with Gasteiger partial charge in [-0.25, -0.2) is 9.97 Å². The minimum absolute atomic E-state index is 0.777. The maximum absolute atomic E-state index is 8.61. The molecular weight excluding hydrogens is 192 g/mol. The monoisotopic (exact) mass is 206 g/mol. The highest BCUT2D eigenvalue weighted by atomic mass is 16.4. The predicted molar refractivity (Wildman–Crippen MR) is 55.8 cm³/mol. The molecule has 80 valence electrons. The second-order valence-electron chi connectivity index (χ2n) is 3.61. The zero-order valence-corrected chi connectivity index (χ0v) is 8.50.